The molecule has 2 rings (SSSR count). The first-order valence-corrected chi connectivity index (χ1v) is 6.81. The van der Waals surface area contributed by atoms with Crippen LogP contribution in [-0.4, -0.2) is 18.3 Å². The largest absolute Gasteiger partial charge is 0.346 e. The first-order valence-electron chi connectivity index (χ1n) is 6.81. The number of hydrogen-bond donors (Lipinski definition) is 2. The minimum Gasteiger partial charge on any atom is -0.346 e. The number of benzene rings is 2. The normalized spacial score (nSPS) is 10.8. The molecule has 0 heterocycles. The highest BCUT2D eigenvalue weighted by molar-refractivity contribution is 5.70. The van der Waals surface area contributed by atoms with Crippen molar-refractivity contribution in [2.75, 3.05) is 18.2 Å². The maximum absolute atomic E-state index is 10.6. The molecule has 0 bridgehead atoms. The van der Waals surface area contributed by atoms with E-state index in [9.17, 15) is 10.1 Å². The molecule has 6 nitrogen and oxygen atoms in total. The van der Waals surface area contributed by atoms with E-state index in [2.05, 4.69) is 0 Å². The van der Waals surface area contributed by atoms with Crippen LogP contribution in [0.3, 0.4) is 0 Å². The summed E-state index contributed by atoms with van der Waals surface area (Å²) in [6, 6.07) is 14.3. The van der Waals surface area contributed by atoms with Crippen molar-refractivity contribution in [1.29, 1.82) is 0 Å². The van der Waals surface area contributed by atoms with Crippen LogP contribution in [0.1, 0.15) is 11.1 Å². The molecule has 0 amide bonds. The quantitative estimate of drug-likeness (QED) is 0.369. The lowest BCUT2D eigenvalue weighted by atomic mass is 10.1. The van der Waals surface area contributed by atoms with Crippen LogP contribution >= 0.6 is 0 Å². The number of non-ortho nitro benzene ring substituents is 1. The van der Waals surface area contributed by atoms with Crippen molar-refractivity contribution in [3.63, 3.8) is 0 Å². The molecule has 6 heteroatoms. The van der Waals surface area contributed by atoms with Gasteiger partial charge in [0.05, 0.1) is 18.3 Å². The summed E-state index contributed by atoms with van der Waals surface area (Å²) in [5, 5.41) is 10.6. The number of anilines is 1. The summed E-state index contributed by atoms with van der Waals surface area (Å²) in [6.07, 6.45) is 3.85. The summed E-state index contributed by atoms with van der Waals surface area (Å²) in [7, 11) is 0. The number of hydrogen-bond acceptors (Lipinski definition) is 5. The first kappa shape index (κ1) is 15.7. The van der Waals surface area contributed by atoms with Crippen LogP contribution < -0.4 is 16.4 Å². The molecule has 22 heavy (non-hydrogen) atoms. The van der Waals surface area contributed by atoms with Crippen molar-refractivity contribution in [2.24, 2.45) is 11.5 Å². The van der Waals surface area contributed by atoms with Crippen LogP contribution in [0.4, 0.5) is 11.4 Å². The lowest BCUT2D eigenvalue weighted by molar-refractivity contribution is -0.384. The minimum atomic E-state index is -0.410. The van der Waals surface area contributed by atoms with Crippen molar-refractivity contribution < 1.29 is 4.92 Å². The summed E-state index contributed by atoms with van der Waals surface area (Å²) in [6.45, 7) is 0.739. The summed E-state index contributed by atoms with van der Waals surface area (Å²) in [5.41, 5.74) is 14.2. The zero-order chi connectivity index (χ0) is 15.9. The lowest BCUT2D eigenvalue weighted by Crippen LogP contribution is -2.34. The van der Waals surface area contributed by atoms with Gasteiger partial charge < -0.3 is 16.4 Å². The van der Waals surface area contributed by atoms with E-state index in [4.69, 9.17) is 11.5 Å². The van der Waals surface area contributed by atoms with E-state index in [0.29, 0.717) is 13.3 Å². The van der Waals surface area contributed by atoms with Crippen LogP contribution in [0.15, 0.2) is 48.5 Å². The van der Waals surface area contributed by atoms with Gasteiger partial charge in [0.1, 0.15) is 0 Å². The second-order valence-electron chi connectivity index (χ2n) is 4.68. The monoisotopic (exact) mass is 298 g/mol. The Morgan fingerprint density at radius 2 is 1.36 bits per heavy atom. The molecular weight excluding hydrogens is 280 g/mol. The Morgan fingerprint density at radius 3 is 1.77 bits per heavy atom. The predicted molar refractivity (Wildman–Crippen MR) is 89.1 cm³/mol. The number of nitro groups is 1. The van der Waals surface area contributed by atoms with Crippen molar-refractivity contribution in [3.05, 3.63) is 69.8 Å². The predicted octanol–water partition coefficient (Wildman–Crippen LogP) is 2.40. The van der Waals surface area contributed by atoms with Crippen molar-refractivity contribution in [2.45, 2.75) is 0 Å². The maximum atomic E-state index is 10.6. The maximum Gasteiger partial charge on any atom is 0.269 e. The van der Waals surface area contributed by atoms with Crippen LogP contribution in [0.25, 0.3) is 12.2 Å². The third-order valence-corrected chi connectivity index (χ3v) is 3.27. The fourth-order valence-electron chi connectivity index (χ4n) is 1.98. The van der Waals surface area contributed by atoms with Gasteiger partial charge in [0.2, 0.25) is 0 Å². The van der Waals surface area contributed by atoms with Crippen LogP contribution in [0, 0.1) is 10.1 Å². The molecule has 0 aliphatic rings. The Hall–Kier alpha value is -2.70. The van der Waals surface area contributed by atoms with Crippen LogP contribution in [-0.2, 0) is 0 Å². The molecule has 2 aromatic carbocycles. The van der Waals surface area contributed by atoms with Gasteiger partial charge in [-0.1, -0.05) is 24.3 Å². The summed E-state index contributed by atoms with van der Waals surface area (Å²) in [4.78, 5) is 12.0. The second-order valence-corrected chi connectivity index (χ2v) is 4.68. The molecule has 0 aliphatic carbocycles. The molecule has 0 saturated heterocycles. The zero-order valence-electron chi connectivity index (χ0n) is 12.1. The number of nitrogens with two attached hydrogens (primary N) is 2. The van der Waals surface area contributed by atoms with E-state index in [1.54, 1.807) is 12.1 Å². The van der Waals surface area contributed by atoms with Gasteiger partial charge in [0.25, 0.3) is 5.69 Å². The fourth-order valence-corrected chi connectivity index (χ4v) is 1.98. The minimum absolute atomic E-state index is 0.0881. The van der Waals surface area contributed by atoms with Crippen LogP contribution in [0.5, 0.6) is 0 Å². The number of nitrogens with zero attached hydrogens (tertiary/aromatic N) is 2. The molecule has 114 valence electrons. The summed E-state index contributed by atoms with van der Waals surface area (Å²) in [5.74, 6) is 0. The van der Waals surface area contributed by atoms with Crippen molar-refractivity contribution in [1.82, 2.24) is 0 Å². The van der Waals surface area contributed by atoms with Gasteiger partial charge in [-0.2, -0.15) is 0 Å². The van der Waals surface area contributed by atoms with E-state index in [1.807, 2.05) is 41.3 Å². The topological polar surface area (TPSA) is 98.4 Å². The van der Waals surface area contributed by atoms with E-state index >= 15 is 0 Å². The van der Waals surface area contributed by atoms with E-state index < -0.39 is 4.92 Å². The lowest BCUT2D eigenvalue weighted by Gasteiger charge is -2.20. The van der Waals surface area contributed by atoms with Crippen molar-refractivity contribution in [3.8, 4) is 0 Å². The molecule has 0 fully saturated rings. The second kappa shape index (κ2) is 7.35. The highest BCUT2D eigenvalue weighted by Gasteiger charge is 2.03. The molecular formula is C16H18N4O2. The summed E-state index contributed by atoms with van der Waals surface area (Å²) >= 11 is 0. The van der Waals surface area contributed by atoms with Gasteiger partial charge in [-0.25, -0.2) is 0 Å². The molecule has 0 radical (unpaired) electrons. The molecule has 0 atom stereocenters. The number of rotatable bonds is 6. The van der Waals surface area contributed by atoms with E-state index in [-0.39, 0.29) is 5.69 Å². The highest BCUT2D eigenvalue weighted by atomic mass is 16.6. The van der Waals surface area contributed by atoms with Crippen LogP contribution in [0.2, 0.25) is 0 Å². The van der Waals surface area contributed by atoms with Gasteiger partial charge in [0, 0.05) is 17.8 Å². The molecule has 0 aromatic heterocycles. The SMILES string of the molecule is NCN(CN)c1ccc(/C=C/c2ccc([N+](=O)[O-])cc2)cc1. The Labute approximate surface area is 128 Å². The Kier molecular flexibility index (Phi) is 5.24. The average molecular weight is 298 g/mol. The number of nitro benzene ring substituents is 1. The third kappa shape index (κ3) is 3.91. The van der Waals surface area contributed by atoms with Crippen molar-refractivity contribution >= 4 is 23.5 Å². The van der Waals surface area contributed by atoms with E-state index in [1.165, 1.54) is 12.1 Å². The van der Waals surface area contributed by atoms with Gasteiger partial charge in [0.15, 0.2) is 0 Å². The zero-order valence-corrected chi connectivity index (χ0v) is 12.1. The fraction of sp³-hybridized carbons (Fsp3) is 0.125. The Bertz CT molecular complexity index is 647. The third-order valence-electron chi connectivity index (χ3n) is 3.27. The van der Waals surface area contributed by atoms with Gasteiger partial charge in [-0.05, 0) is 35.4 Å². The Morgan fingerprint density at radius 1 is 0.909 bits per heavy atom. The molecule has 4 N–H and O–H groups in total. The van der Waals surface area contributed by atoms with E-state index in [0.717, 1.165) is 16.8 Å². The van der Waals surface area contributed by atoms with Gasteiger partial charge in [-0.15, -0.1) is 0 Å². The molecule has 0 saturated carbocycles. The average Bonchev–Trinajstić information content (AvgIpc) is 2.55. The summed E-state index contributed by atoms with van der Waals surface area (Å²) < 4.78 is 0. The smallest absolute Gasteiger partial charge is 0.269 e. The molecule has 2 aromatic rings. The molecule has 0 unspecified atom stereocenters. The Balaban J connectivity index is 2.08. The molecule has 0 aliphatic heterocycles. The van der Waals surface area contributed by atoms with Gasteiger partial charge in [-0.3, -0.25) is 10.1 Å². The van der Waals surface area contributed by atoms with Gasteiger partial charge >= 0.3 is 0 Å². The standard InChI is InChI=1S/C16H18N4O2/c17-11-19(12-18)15-7-3-13(4-8-15)1-2-14-5-9-16(10-6-14)20(21)22/h1-10H,11-12,17-18H2/b2-1+. The molecule has 0 spiro atoms. The first-order chi connectivity index (χ1) is 10.6. The highest BCUT2D eigenvalue weighted by Crippen LogP contribution is 2.17.